The number of hydrogen-bond acceptors (Lipinski definition) is 5. The van der Waals surface area contributed by atoms with Gasteiger partial charge in [0.2, 0.25) is 0 Å². The summed E-state index contributed by atoms with van der Waals surface area (Å²) in [5.41, 5.74) is 2.22. The van der Waals surface area contributed by atoms with Crippen molar-refractivity contribution in [2.75, 3.05) is 24.3 Å². The molecule has 0 bridgehead atoms. The first-order valence-corrected chi connectivity index (χ1v) is 9.66. The minimum atomic E-state index is -3.66. The molecule has 0 atom stereocenters. The van der Waals surface area contributed by atoms with Gasteiger partial charge in [-0.25, -0.2) is 8.42 Å². The van der Waals surface area contributed by atoms with Crippen LogP contribution in [0.5, 0.6) is 11.5 Å². The van der Waals surface area contributed by atoms with Crippen molar-refractivity contribution < 1.29 is 17.9 Å². The lowest BCUT2D eigenvalue weighted by molar-refractivity contribution is 0.414. The van der Waals surface area contributed by atoms with Gasteiger partial charge < -0.3 is 14.8 Å². The van der Waals surface area contributed by atoms with Gasteiger partial charge in [0.1, 0.15) is 11.5 Å². The number of hydrogen-bond donors (Lipinski definition) is 2. The van der Waals surface area contributed by atoms with Crippen molar-refractivity contribution >= 4 is 27.1 Å². The van der Waals surface area contributed by atoms with Crippen molar-refractivity contribution in [3.63, 3.8) is 0 Å². The third-order valence-electron chi connectivity index (χ3n) is 3.89. The van der Waals surface area contributed by atoms with Gasteiger partial charge >= 0.3 is 0 Å². The van der Waals surface area contributed by atoms with E-state index in [1.54, 1.807) is 43.5 Å². The Balaban J connectivity index is 1.68. The van der Waals surface area contributed by atoms with Gasteiger partial charge in [-0.05, 0) is 72.8 Å². The summed E-state index contributed by atoms with van der Waals surface area (Å²) in [5, 5.41) is 3.24. The van der Waals surface area contributed by atoms with Gasteiger partial charge in [-0.1, -0.05) is 0 Å². The molecule has 3 rings (SSSR count). The molecule has 2 N–H and O–H groups in total. The van der Waals surface area contributed by atoms with Crippen molar-refractivity contribution in [2.24, 2.45) is 0 Å². The van der Waals surface area contributed by atoms with Crippen molar-refractivity contribution in [3.8, 4) is 11.5 Å². The van der Waals surface area contributed by atoms with Gasteiger partial charge in [0, 0.05) is 17.1 Å². The lowest BCUT2D eigenvalue weighted by atomic mass is 10.2. The summed E-state index contributed by atoms with van der Waals surface area (Å²) in [6.07, 6.45) is 0. The number of sulfonamides is 1. The minimum Gasteiger partial charge on any atom is -0.497 e. The Morgan fingerprint density at radius 2 is 1.04 bits per heavy atom. The maximum Gasteiger partial charge on any atom is 0.261 e. The molecule has 27 heavy (non-hydrogen) atoms. The SMILES string of the molecule is COc1ccc(Nc2ccc(NS(=O)(=O)c3ccc(OC)cc3)cc2)cc1. The molecule has 0 saturated carbocycles. The van der Waals surface area contributed by atoms with Crippen LogP contribution in [0.3, 0.4) is 0 Å². The maximum atomic E-state index is 12.5. The minimum absolute atomic E-state index is 0.170. The van der Waals surface area contributed by atoms with Gasteiger partial charge in [0.05, 0.1) is 19.1 Å². The molecular formula is C20H20N2O4S. The molecular weight excluding hydrogens is 364 g/mol. The van der Waals surface area contributed by atoms with Crippen molar-refractivity contribution in [1.82, 2.24) is 0 Å². The van der Waals surface area contributed by atoms with Gasteiger partial charge in [0.25, 0.3) is 10.0 Å². The lowest BCUT2D eigenvalue weighted by Crippen LogP contribution is -2.12. The van der Waals surface area contributed by atoms with E-state index in [1.807, 2.05) is 24.3 Å². The molecule has 0 spiro atoms. The van der Waals surface area contributed by atoms with E-state index >= 15 is 0 Å². The Hall–Kier alpha value is -3.19. The van der Waals surface area contributed by atoms with Crippen molar-refractivity contribution in [1.29, 1.82) is 0 Å². The molecule has 0 aromatic heterocycles. The molecule has 7 heteroatoms. The highest BCUT2D eigenvalue weighted by atomic mass is 32.2. The van der Waals surface area contributed by atoms with E-state index in [-0.39, 0.29) is 4.90 Å². The van der Waals surface area contributed by atoms with Crippen molar-refractivity contribution in [3.05, 3.63) is 72.8 Å². The third kappa shape index (κ3) is 4.71. The van der Waals surface area contributed by atoms with E-state index in [4.69, 9.17) is 9.47 Å². The van der Waals surface area contributed by atoms with Crippen LogP contribution in [-0.4, -0.2) is 22.6 Å². The largest absolute Gasteiger partial charge is 0.497 e. The standard InChI is InChI=1S/C20H20N2O4S/c1-25-18-9-7-16(8-10-18)21-15-3-5-17(6-4-15)22-27(23,24)20-13-11-19(26-2)12-14-20/h3-14,21-22H,1-2H3. The zero-order chi connectivity index (χ0) is 19.3. The average molecular weight is 384 g/mol. The molecule has 140 valence electrons. The Morgan fingerprint density at radius 3 is 1.52 bits per heavy atom. The fourth-order valence-corrected chi connectivity index (χ4v) is 3.49. The summed E-state index contributed by atoms with van der Waals surface area (Å²) >= 11 is 0. The summed E-state index contributed by atoms with van der Waals surface area (Å²) in [4.78, 5) is 0.170. The maximum absolute atomic E-state index is 12.5. The van der Waals surface area contributed by atoms with Gasteiger partial charge in [-0.15, -0.1) is 0 Å². The topological polar surface area (TPSA) is 76.7 Å². The van der Waals surface area contributed by atoms with E-state index in [0.717, 1.165) is 17.1 Å². The van der Waals surface area contributed by atoms with E-state index in [1.165, 1.54) is 19.2 Å². The number of benzene rings is 3. The Bertz CT molecular complexity index is 984. The van der Waals surface area contributed by atoms with E-state index in [2.05, 4.69) is 10.0 Å². The Labute approximate surface area is 158 Å². The fourth-order valence-electron chi connectivity index (χ4n) is 2.43. The number of methoxy groups -OCH3 is 2. The molecule has 0 saturated heterocycles. The number of nitrogens with one attached hydrogen (secondary N) is 2. The van der Waals surface area contributed by atoms with Crippen LogP contribution >= 0.6 is 0 Å². The van der Waals surface area contributed by atoms with Crippen LogP contribution in [0.2, 0.25) is 0 Å². The number of anilines is 3. The summed E-state index contributed by atoms with van der Waals surface area (Å²) in [6, 6.07) is 20.7. The predicted octanol–water partition coefficient (Wildman–Crippen LogP) is 4.25. The van der Waals surface area contributed by atoms with Crippen LogP contribution in [0.1, 0.15) is 0 Å². The second-order valence-electron chi connectivity index (χ2n) is 5.71. The Kier molecular flexibility index (Phi) is 5.52. The van der Waals surface area contributed by atoms with Gasteiger partial charge in [-0.2, -0.15) is 0 Å². The number of ether oxygens (including phenoxy) is 2. The first-order chi connectivity index (χ1) is 13.0. The molecule has 0 amide bonds. The highest BCUT2D eigenvalue weighted by molar-refractivity contribution is 7.92. The van der Waals surface area contributed by atoms with Crippen LogP contribution < -0.4 is 19.5 Å². The molecule has 0 heterocycles. The quantitative estimate of drug-likeness (QED) is 0.637. The Morgan fingerprint density at radius 1 is 0.630 bits per heavy atom. The summed E-state index contributed by atoms with van der Waals surface area (Å²) < 4.78 is 37.7. The molecule has 3 aromatic rings. The molecule has 0 radical (unpaired) electrons. The molecule has 0 unspecified atom stereocenters. The molecule has 0 aliphatic heterocycles. The second kappa shape index (κ2) is 8.01. The highest BCUT2D eigenvalue weighted by Gasteiger charge is 2.14. The van der Waals surface area contributed by atoms with Crippen LogP contribution in [0.25, 0.3) is 0 Å². The molecule has 3 aromatic carbocycles. The lowest BCUT2D eigenvalue weighted by Gasteiger charge is -2.11. The molecule has 0 fully saturated rings. The van der Waals surface area contributed by atoms with Gasteiger partial charge in [0.15, 0.2) is 0 Å². The fraction of sp³-hybridized carbons (Fsp3) is 0.100. The van der Waals surface area contributed by atoms with E-state index in [0.29, 0.717) is 11.4 Å². The normalized spacial score (nSPS) is 10.9. The number of rotatable bonds is 7. The molecule has 0 aliphatic carbocycles. The van der Waals surface area contributed by atoms with Crippen LogP contribution in [0.4, 0.5) is 17.1 Å². The van der Waals surface area contributed by atoms with Crippen LogP contribution in [-0.2, 0) is 10.0 Å². The highest BCUT2D eigenvalue weighted by Crippen LogP contribution is 2.23. The molecule has 0 aliphatic rings. The predicted molar refractivity (Wildman–Crippen MR) is 107 cm³/mol. The zero-order valence-corrected chi connectivity index (χ0v) is 15.8. The summed E-state index contributed by atoms with van der Waals surface area (Å²) in [6.45, 7) is 0. The third-order valence-corrected chi connectivity index (χ3v) is 5.28. The summed E-state index contributed by atoms with van der Waals surface area (Å²) in [7, 11) is -0.507. The van der Waals surface area contributed by atoms with Crippen molar-refractivity contribution in [2.45, 2.75) is 4.90 Å². The molecule has 6 nitrogen and oxygen atoms in total. The van der Waals surface area contributed by atoms with E-state index in [9.17, 15) is 8.42 Å². The van der Waals surface area contributed by atoms with Crippen LogP contribution in [0, 0.1) is 0 Å². The first-order valence-electron chi connectivity index (χ1n) is 8.18. The monoisotopic (exact) mass is 384 g/mol. The van der Waals surface area contributed by atoms with E-state index < -0.39 is 10.0 Å². The first kappa shape index (κ1) is 18.6. The van der Waals surface area contributed by atoms with Gasteiger partial charge in [-0.3, -0.25) is 4.72 Å². The summed E-state index contributed by atoms with van der Waals surface area (Å²) in [5.74, 6) is 1.38. The average Bonchev–Trinajstić information content (AvgIpc) is 2.70. The van der Waals surface area contributed by atoms with Crippen LogP contribution in [0.15, 0.2) is 77.7 Å². The second-order valence-corrected chi connectivity index (χ2v) is 7.39. The smallest absolute Gasteiger partial charge is 0.261 e. The zero-order valence-electron chi connectivity index (χ0n) is 15.0.